The largest absolute Gasteiger partial charge is 0.369 e. The molecule has 0 spiro atoms. The summed E-state index contributed by atoms with van der Waals surface area (Å²) >= 11 is 0.988. The Hall–Kier alpha value is -2.46. The van der Waals surface area contributed by atoms with Crippen molar-refractivity contribution in [3.05, 3.63) is 35.3 Å². The van der Waals surface area contributed by atoms with Gasteiger partial charge in [-0.3, -0.25) is 15.5 Å². The number of nitrogens with zero attached hydrogens (tertiary/aromatic N) is 3. The number of aryl methyl sites for hydroxylation is 1. The maximum Gasteiger partial charge on any atom is 0.227 e. The highest BCUT2D eigenvalue weighted by atomic mass is 32.2. The lowest BCUT2D eigenvalue weighted by Gasteiger charge is -2.03. The van der Waals surface area contributed by atoms with Crippen LogP contribution in [0.2, 0.25) is 0 Å². The van der Waals surface area contributed by atoms with Crippen molar-refractivity contribution in [1.82, 2.24) is 15.8 Å². The molecule has 8 nitrogen and oxygen atoms in total. The van der Waals surface area contributed by atoms with E-state index in [-0.39, 0.29) is 28.1 Å². The van der Waals surface area contributed by atoms with Gasteiger partial charge in [-0.15, -0.1) is 0 Å². The van der Waals surface area contributed by atoms with Gasteiger partial charge in [-0.25, -0.2) is 14.0 Å². The van der Waals surface area contributed by atoms with Gasteiger partial charge in [0.15, 0.2) is 16.6 Å². The first-order chi connectivity index (χ1) is 10.5. The molecule has 1 aromatic heterocycles. The van der Waals surface area contributed by atoms with Crippen LogP contribution in [0.5, 0.6) is 0 Å². The van der Waals surface area contributed by atoms with Gasteiger partial charge in [0.2, 0.25) is 5.91 Å². The van der Waals surface area contributed by atoms with Crippen LogP contribution in [0.1, 0.15) is 11.3 Å². The van der Waals surface area contributed by atoms with Crippen LogP contribution in [-0.2, 0) is 4.79 Å². The minimum Gasteiger partial charge on any atom is -0.369 e. The number of rotatable bonds is 5. The number of aliphatic imine (C=N–C) groups is 1. The van der Waals surface area contributed by atoms with Gasteiger partial charge in [0.05, 0.1) is 11.4 Å². The highest BCUT2D eigenvalue weighted by Crippen LogP contribution is 2.21. The molecule has 1 heterocycles. The highest BCUT2D eigenvalue weighted by molar-refractivity contribution is 8.00. The fraction of sp³-hybridized carbons (Fsp3) is 0.167. The van der Waals surface area contributed by atoms with E-state index in [2.05, 4.69) is 19.9 Å². The maximum atomic E-state index is 13.2. The summed E-state index contributed by atoms with van der Waals surface area (Å²) in [6.45, 7) is 1.59. The van der Waals surface area contributed by atoms with Gasteiger partial charge >= 0.3 is 0 Å². The quantitative estimate of drug-likeness (QED) is 0.326. The molecule has 10 heteroatoms. The Morgan fingerprint density at radius 2 is 2.32 bits per heavy atom. The van der Waals surface area contributed by atoms with E-state index < -0.39 is 5.91 Å². The zero-order chi connectivity index (χ0) is 16.1. The fourth-order valence-electron chi connectivity index (χ4n) is 1.52. The number of amidine groups is 1. The molecule has 0 atom stereocenters. The zero-order valence-electron chi connectivity index (χ0n) is 11.4. The summed E-state index contributed by atoms with van der Waals surface area (Å²) in [7, 11) is 0. The van der Waals surface area contributed by atoms with Crippen molar-refractivity contribution in [3.8, 4) is 0 Å². The Morgan fingerprint density at radius 3 is 2.95 bits per heavy atom. The Balaban J connectivity index is 2.31. The summed E-state index contributed by atoms with van der Waals surface area (Å²) in [5.74, 6) is -0.990. The van der Waals surface area contributed by atoms with Crippen molar-refractivity contribution in [2.24, 2.45) is 10.7 Å². The topological polar surface area (TPSA) is 127 Å². The van der Waals surface area contributed by atoms with Gasteiger partial charge < -0.3 is 5.73 Å². The lowest BCUT2D eigenvalue weighted by Crippen LogP contribution is -2.21. The molecule has 4 N–H and O–H groups in total. The number of carbonyl (C=O) groups excluding carboxylic acids is 1. The summed E-state index contributed by atoms with van der Waals surface area (Å²) in [6, 6.07) is 4.19. The van der Waals surface area contributed by atoms with Crippen molar-refractivity contribution in [3.63, 3.8) is 0 Å². The van der Waals surface area contributed by atoms with Crippen molar-refractivity contribution in [2.45, 2.75) is 11.9 Å². The Kier molecular flexibility index (Phi) is 5.07. The van der Waals surface area contributed by atoms with Crippen molar-refractivity contribution in [1.29, 1.82) is 0 Å². The van der Waals surface area contributed by atoms with Crippen LogP contribution in [0.3, 0.4) is 0 Å². The molecule has 2 rings (SSSR count). The lowest BCUT2D eigenvalue weighted by molar-refractivity contribution is -0.115. The second-order valence-electron chi connectivity index (χ2n) is 4.18. The van der Waals surface area contributed by atoms with Crippen LogP contribution in [0.15, 0.2) is 32.8 Å². The first-order valence-corrected chi connectivity index (χ1v) is 6.98. The molecule has 1 aromatic carbocycles. The predicted molar refractivity (Wildman–Crippen MR) is 76.5 cm³/mol. The van der Waals surface area contributed by atoms with E-state index in [0.717, 1.165) is 11.8 Å². The third-order valence-corrected chi connectivity index (χ3v) is 3.49. The summed E-state index contributed by atoms with van der Waals surface area (Å²) < 4.78 is 17.8. The van der Waals surface area contributed by atoms with E-state index in [0.29, 0.717) is 11.3 Å². The number of thioether (sulfide) groups is 1. The summed E-state index contributed by atoms with van der Waals surface area (Å²) in [6.07, 6.45) is 0. The molecule has 0 aliphatic heterocycles. The normalized spacial score (nSPS) is 11.5. The third-order valence-electron chi connectivity index (χ3n) is 2.52. The third kappa shape index (κ3) is 3.80. The van der Waals surface area contributed by atoms with Gasteiger partial charge in [0.1, 0.15) is 5.82 Å². The van der Waals surface area contributed by atoms with E-state index >= 15 is 0 Å². The Bertz CT molecular complexity index is 719. The standard InChI is InChI=1S/C12H12FN5O3S/c1-6-4-7(2-3-8(6)13)15-11(16-20)10-12(18-21-17-10)22-5-9(14)19/h2-4,20H,5H2,1H3,(H2,14,19)(H,15,16). The molecule has 116 valence electrons. The maximum absolute atomic E-state index is 13.2. The van der Waals surface area contributed by atoms with Crippen LogP contribution in [0.25, 0.3) is 0 Å². The molecule has 0 aliphatic carbocycles. The van der Waals surface area contributed by atoms with E-state index in [4.69, 9.17) is 5.73 Å². The number of nitrogens with two attached hydrogens (primary N) is 1. The number of aromatic nitrogens is 2. The summed E-state index contributed by atoms with van der Waals surface area (Å²) in [4.78, 5) is 14.9. The van der Waals surface area contributed by atoms with E-state index in [1.807, 2.05) is 5.48 Å². The number of nitrogens with one attached hydrogen (secondary N) is 1. The molecule has 0 radical (unpaired) electrons. The highest BCUT2D eigenvalue weighted by Gasteiger charge is 2.17. The molecular formula is C12H12FN5O3S. The molecule has 2 aromatic rings. The molecule has 22 heavy (non-hydrogen) atoms. The number of primary amides is 1. The number of hydrogen-bond acceptors (Lipinski definition) is 7. The minimum atomic E-state index is -0.538. The molecule has 1 amide bonds. The average Bonchev–Trinajstić information content (AvgIpc) is 2.94. The summed E-state index contributed by atoms with van der Waals surface area (Å²) in [5, 5.41) is 16.7. The monoisotopic (exact) mass is 325 g/mol. The van der Waals surface area contributed by atoms with Gasteiger partial charge in [-0.05, 0) is 41.0 Å². The number of halogens is 1. The zero-order valence-corrected chi connectivity index (χ0v) is 12.2. The number of carbonyl (C=O) groups is 1. The fourth-order valence-corrected chi connectivity index (χ4v) is 2.15. The average molecular weight is 325 g/mol. The number of hydroxylamine groups is 1. The van der Waals surface area contributed by atoms with Crippen molar-refractivity contribution in [2.75, 3.05) is 5.75 Å². The molecule has 0 bridgehead atoms. The van der Waals surface area contributed by atoms with Crippen molar-refractivity contribution >= 4 is 29.2 Å². The van der Waals surface area contributed by atoms with Crippen LogP contribution in [0, 0.1) is 12.7 Å². The second kappa shape index (κ2) is 7.00. The van der Waals surface area contributed by atoms with E-state index in [9.17, 15) is 14.4 Å². The minimum absolute atomic E-state index is 0.0322. The molecule has 0 saturated heterocycles. The smallest absolute Gasteiger partial charge is 0.227 e. The van der Waals surface area contributed by atoms with E-state index in [1.165, 1.54) is 18.2 Å². The van der Waals surface area contributed by atoms with Gasteiger partial charge in [0, 0.05) is 0 Å². The molecular weight excluding hydrogens is 313 g/mol. The van der Waals surface area contributed by atoms with Gasteiger partial charge in [-0.2, -0.15) is 0 Å². The van der Waals surface area contributed by atoms with Crippen LogP contribution >= 0.6 is 11.8 Å². The number of amides is 1. The number of benzene rings is 1. The predicted octanol–water partition coefficient (Wildman–Crippen LogP) is 1.15. The first-order valence-electron chi connectivity index (χ1n) is 6.00. The molecule has 0 aliphatic rings. The van der Waals surface area contributed by atoms with Crippen LogP contribution in [0.4, 0.5) is 10.1 Å². The van der Waals surface area contributed by atoms with Gasteiger partial charge in [-0.1, -0.05) is 11.8 Å². The Morgan fingerprint density at radius 1 is 1.55 bits per heavy atom. The molecule has 0 fully saturated rings. The Labute approximate surface area is 128 Å². The number of hydrogen-bond donors (Lipinski definition) is 3. The van der Waals surface area contributed by atoms with Gasteiger partial charge in [0.25, 0.3) is 0 Å². The van der Waals surface area contributed by atoms with Crippen molar-refractivity contribution < 1.29 is 19.0 Å². The first kappa shape index (κ1) is 15.9. The second-order valence-corrected chi connectivity index (χ2v) is 5.14. The summed E-state index contributed by atoms with van der Waals surface area (Å²) in [5.41, 5.74) is 7.84. The molecule has 0 unspecified atom stereocenters. The van der Waals surface area contributed by atoms with Crippen LogP contribution < -0.4 is 11.2 Å². The van der Waals surface area contributed by atoms with Crippen LogP contribution in [-0.4, -0.2) is 33.0 Å². The molecule has 0 saturated carbocycles. The lowest BCUT2D eigenvalue weighted by atomic mass is 10.2. The SMILES string of the molecule is Cc1cc(N=C(NO)c2nonc2SCC(N)=O)ccc1F. The van der Waals surface area contributed by atoms with E-state index in [1.54, 1.807) is 6.92 Å².